The van der Waals surface area contributed by atoms with Crippen molar-refractivity contribution in [3.63, 3.8) is 0 Å². The third-order valence-electron chi connectivity index (χ3n) is 5.61. The van der Waals surface area contributed by atoms with Crippen LogP contribution < -0.4 is 34.3 Å². The molecular formula is C26H37NaO4S. The van der Waals surface area contributed by atoms with E-state index >= 15 is 0 Å². The number of hydrogen-bond donors (Lipinski definition) is 0. The maximum absolute atomic E-state index is 11.5. The van der Waals surface area contributed by atoms with Gasteiger partial charge in [0.15, 0.2) is 0 Å². The summed E-state index contributed by atoms with van der Waals surface area (Å²) in [5.41, 5.74) is 1.03. The van der Waals surface area contributed by atoms with Crippen LogP contribution in [0.5, 0.6) is 11.5 Å². The first-order chi connectivity index (χ1) is 15.0. The quantitative estimate of drug-likeness (QED) is 0.205. The second-order valence-electron chi connectivity index (χ2n) is 8.25. The smallest absolute Gasteiger partial charge is 0.744 e. The molecule has 0 saturated heterocycles. The van der Waals surface area contributed by atoms with Crippen molar-refractivity contribution in [2.45, 2.75) is 95.3 Å². The monoisotopic (exact) mass is 468 g/mol. The van der Waals surface area contributed by atoms with E-state index in [4.69, 9.17) is 4.74 Å². The first kappa shape index (κ1) is 29.2. The largest absolute Gasteiger partial charge is 1.00 e. The Bertz CT molecular complexity index is 868. The summed E-state index contributed by atoms with van der Waals surface area (Å²) < 4.78 is 40.3. The number of rotatable bonds is 16. The van der Waals surface area contributed by atoms with Crippen LogP contribution in [0.3, 0.4) is 0 Å². The van der Waals surface area contributed by atoms with Gasteiger partial charge in [-0.1, -0.05) is 108 Å². The van der Waals surface area contributed by atoms with Crippen LogP contribution in [-0.2, 0) is 16.5 Å². The van der Waals surface area contributed by atoms with Crippen molar-refractivity contribution in [2.75, 3.05) is 0 Å². The molecule has 0 saturated carbocycles. The molecule has 2 aromatic carbocycles. The molecule has 172 valence electrons. The van der Waals surface area contributed by atoms with E-state index in [9.17, 15) is 13.0 Å². The van der Waals surface area contributed by atoms with E-state index < -0.39 is 10.1 Å². The minimum atomic E-state index is -4.58. The third-order valence-corrected chi connectivity index (χ3v) is 6.49. The molecule has 0 N–H and O–H groups in total. The number of hydrogen-bond acceptors (Lipinski definition) is 4. The Labute approximate surface area is 217 Å². The van der Waals surface area contributed by atoms with Crippen LogP contribution in [0.15, 0.2) is 53.4 Å². The average Bonchev–Trinajstić information content (AvgIpc) is 2.75. The van der Waals surface area contributed by atoms with Crippen LogP contribution in [-0.4, -0.2) is 13.0 Å². The molecule has 0 aromatic heterocycles. The maximum Gasteiger partial charge on any atom is 1.00 e. The van der Waals surface area contributed by atoms with E-state index in [-0.39, 0.29) is 40.2 Å². The summed E-state index contributed by atoms with van der Waals surface area (Å²) >= 11 is 0. The summed E-state index contributed by atoms with van der Waals surface area (Å²) in [6.45, 7) is 2.26. The van der Waals surface area contributed by atoms with E-state index in [1.807, 2.05) is 24.3 Å². The van der Waals surface area contributed by atoms with Crippen LogP contribution in [0.2, 0.25) is 0 Å². The molecule has 6 heteroatoms. The zero-order valence-corrected chi connectivity index (χ0v) is 22.7. The van der Waals surface area contributed by atoms with E-state index in [2.05, 4.69) is 6.92 Å². The number of benzene rings is 2. The number of para-hydroxylation sites is 2. The van der Waals surface area contributed by atoms with Crippen molar-refractivity contribution in [3.8, 4) is 11.5 Å². The van der Waals surface area contributed by atoms with Gasteiger partial charge in [0, 0.05) is 0 Å². The molecular weight excluding hydrogens is 431 g/mol. The zero-order chi connectivity index (χ0) is 22.4. The van der Waals surface area contributed by atoms with Crippen LogP contribution in [0, 0.1) is 0 Å². The molecule has 0 bridgehead atoms. The van der Waals surface area contributed by atoms with Gasteiger partial charge < -0.3 is 9.29 Å². The Morgan fingerprint density at radius 2 is 1.16 bits per heavy atom. The van der Waals surface area contributed by atoms with E-state index in [0.717, 1.165) is 18.4 Å². The second kappa shape index (κ2) is 16.7. The summed E-state index contributed by atoms with van der Waals surface area (Å²) in [4.78, 5) is -0.324. The predicted molar refractivity (Wildman–Crippen MR) is 126 cm³/mol. The topological polar surface area (TPSA) is 66.4 Å². The number of aryl methyl sites for hydroxylation is 1. The fourth-order valence-electron chi connectivity index (χ4n) is 3.83. The summed E-state index contributed by atoms with van der Waals surface area (Å²) in [7, 11) is -4.58. The van der Waals surface area contributed by atoms with E-state index in [1.54, 1.807) is 6.07 Å². The van der Waals surface area contributed by atoms with Gasteiger partial charge in [0.25, 0.3) is 0 Å². The van der Waals surface area contributed by atoms with Crippen molar-refractivity contribution < 1.29 is 47.3 Å². The fraction of sp³-hybridized carbons (Fsp3) is 0.538. The second-order valence-corrected chi connectivity index (χ2v) is 9.60. The Balaban J connectivity index is 0.00000512. The van der Waals surface area contributed by atoms with Crippen molar-refractivity contribution >= 4 is 10.1 Å². The minimum Gasteiger partial charge on any atom is -0.744 e. The first-order valence-corrected chi connectivity index (χ1v) is 13.2. The number of unbranched alkanes of at least 4 members (excludes halogenated alkanes) is 11. The number of ether oxygens (including phenoxy) is 1. The molecule has 2 rings (SSSR count). The average molecular weight is 469 g/mol. The fourth-order valence-corrected chi connectivity index (χ4v) is 4.43. The molecule has 0 aliphatic rings. The molecule has 0 aliphatic carbocycles. The summed E-state index contributed by atoms with van der Waals surface area (Å²) in [5, 5.41) is 0. The molecule has 0 atom stereocenters. The zero-order valence-electron chi connectivity index (χ0n) is 19.9. The van der Waals surface area contributed by atoms with Gasteiger partial charge in [0.05, 0.1) is 4.90 Å². The Kier molecular flexibility index (Phi) is 15.2. The molecule has 0 fully saturated rings. The summed E-state index contributed by atoms with van der Waals surface area (Å²) in [6, 6.07) is 13.6. The molecule has 0 unspecified atom stereocenters. The molecule has 0 spiro atoms. The normalized spacial score (nSPS) is 11.2. The van der Waals surface area contributed by atoms with E-state index in [1.165, 1.54) is 88.8 Å². The van der Waals surface area contributed by atoms with Crippen LogP contribution >= 0.6 is 0 Å². The van der Waals surface area contributed by atoms with Crippen molar-refractivity contribution in [1.29, 1.82) is 0 Å². The van der Waals surface area contributed by atoms with Crippen molar-refractivity contribution in [1.82, 2.24) is 0 Å². The van der Waals surface area contributed by atoms with Gasteiger partial charge in [0.2, 0.25) is 0 Å². The minimum absolute atomic E-state index is 0. The Morgan fingerprint density at radius 3 is 1.72 bits per heavy atom. The summed E-state index contributed by atoms with van der Waals surface area (Å²) in [5.74, 6) is 0.696. The standard InChI is InChI=1S/C26H38O4S.Na/c1-2-3-4-5-6-7-8-9-10-11-12-13-18-23-19-14-15-20-24(23)30-25-21-16-17-22-26(25)31(27,28)29;/h14-17,19-22H,2-13,18H2,1H3,(H,27,28,29);/q;+1/p-1. The van der Waals surface area contributed by atoms with Gasteiger partial charge in [-0.15, -0.1) is 0 Å². The van der Waals surface area contributed by atoms with Gasteiger partial charge in [0.1, 0.15) is 21.6 Å². The molecule has 0 radical (unpaired) electrons. The van der Waals surface area contributed by atoms with Crippen LogP contribution in [0.1, 0.15) is 89.5 Å². The van der Waals surface area contributed by atoms with Gasteiger partial charge in [-0.2, -0.15) is 0 Å². The Morgan fingerprint density at radius 1 is 0.688 bits per heavy atom. The van der Waals surface area contributed by atoms with Gasteiger partial charge in [-0.05, 0) is 36.6 Å². The van der Waals surface area contributed by atoms with Crippen LogP contribution in [0.25, 0.3) is 0 Å². The molecule has 2 aromatic rings. The van der Waals surface area contributed by atoms with Crippen molar-refractivity contribution in [3.05, 3.63) is 54.1 Å². The molecule has 4 nitrogen and oxygen atoms in total. The third kappa shape index (κ3) is 11.3. The van der Waals surface area contributed by atoms with Crippen molar-refractivity contribution in [2.24, 2.45) is 0 Å². The molecule has 0 heterocycles. The van der Waals surface area contributed by atoms with Gasteiger partial charge in [-0.3, -0.25) is 0 Å². The molecule has 0 amide bonds. The van der Waals surface area contributed by atoms with Crippen LogP contribution in [0.4, 0.5) is 0 Å². The van der Waals surface area contributed by atoms with Gasteiger partial charge >= 0.3 is 29.6 Å². The summed E-state index contributed by atoms with van der Waals surface area (Å²) in [6.07, 6.45) is 16.6. The van der Waals surface area contributed by atoms with Gasteiger partial charge in [-0.25, -0.2) is 8.42 Å². The molecule has 32 heavy (non-hydrogen) atoms. The predicted octanol–water partition coefficient (Wildman–Crippen LogP) is 4.63. The maximum atomic E-state index is 11.5. The van der Waals surface area contributed by atoms with E-state index in [0.29, 0.717) is 5.75 Å². The molecule has 0 aliphatic heterocycles. The SMILES string of the molecule is CCCCCCCCCCCCCCc1ccccc1Oc1ccccc1S(=O)(=O)[O-].[Na+]. The first-order valence-electron chi connectivity index (χ1n) is 11.8. The Hall–Kier alpha value is -0.850.